The van der Waals surface area contributed by atoms with E-state index in [-0.39, 0.29) is 11.3 Å². The van der Waals surface area contributed by atoms with E-state index in [1.54, 1.807) is 0 Å². The quantitative estimate of drug-likeness (QED) is 0.647. The molecule has 23 heavy (non-hydrogen) atoms. The average Bonchev–Trinajstić information content (AvgIpc) is 2.52. The number of primary amides is 1. The standard InChI is InChI=1S/C14H18FN3O4S/c1-22-13(20)9-7-8(3-4-10(9)15)17-12(19)11(5-6-23-2)18-14(16)21/h3-4,7,11H,5-6H2,1-2H3,(H,17,19)(H3,16,18,21). The number of esters is 1. The second-order valence-electron chi connectivity index (χ2n) is 4.52. The number of carbonyl (C=O) groups is 3. The molecule has 0 heterocycles. The molecule has 0 saturated carbocycles. The van der Waals surface area contributed by atoms with Crippen LogP contribution in [0.5, 0.6) is 0 Å². The molecule has 1 unspecified atom stereocenters. The highest BCUT2D eigenvalue weighted by Gasteiger charge is 2.20. The number of anilines is 1. The van der Waals surface area contributed by atoms with E-state index in [0.29, 0.717) is 12.2 Å². The van der Waals surface area contributed by atoms with Crippen LogP contribution in [0.3, 0.4) is 0 Å². The molecule has 7 nitrogen and oxygen atoms in total. The molecular formula is C14H18FN3O4S. The Kier molecular flexibility index (Phi) is 7.33. The summed E-state index contributed by atoms with van der Waals surface area (Å²) in [6.07, 6.45) is 2.24. The number of nitrogens with two attached hydrogens (primary N) is 1. The fourth-order valence-corrected chi connectivity index (χ4v) is 2.25. The number of benzene rings is 1. The molecule has 0 radical (unpaired) electrons. The number of hydrogen-bond donors (Lipinski definition) is 3. The Morgan fingerprint density at radius 3 is 2.65 bits per heavy atom. The molecule has 1 aromatic rings. The van der Waals surface area contributed by atoms with Gasteiger partial charge in [-0.15, -0.1) is 0 Å². The Labute approximate surface area is 137 Å². The molecule has 3 amide bonds. The first-order valence-electron chi connectivity index (χ1n) is 6.62. The Bertz CT molecular complexity index is 597. The van der Waals surface area contributed by atoms with Gasteiger partial charge in [-0.2, -0.15) is 11.8 Å². The van der Waals surface area contributed by atoms with Gasteiger partial charge in [-0.05, 0) is 36.6 Å². The van der Waals surface area contributed by atoms with E-state index in [2.05, 4.69) is 15.4 Å². The van der Waals surface area contributed by atoms with E-state index in [4.69, 9.17) is 5.73 Å². The maximum absolute atomic E-state index is 13.6. The van der Waals surface area contributed by atoms with Gasteiger partial charge in [0.15, 0.2) is 0 Å². The lowest BCUT2D eigenvalue weighted by Crippen LogP contribution is -2.46. The molecule has 0 saturated heterocycles. The summed E-state index contributed by atoms with van der Waals surface area (Å²) < 4.78 is 18.0. The number of thioether (sulfide) groups is 1. The maximum Gasteiger partial charge on any atom is 0.340 e. The average molecular weight is 343 g/mol. The van der Waals surface area contributed by atoms with Crippen molar-refractivity contribution in [3.8, 4) is 0 Å². The summed E-state index contributed by atoms with van der Waals surface area (Å²) in [4.78, 5) is 34.6. The molecule has 9 heteroatoms. The first-order valence-corrected chi connectivity index (χ1v) is 8.02. The lowest BCUT2D eigenvalue weighted by atomic mass is 10.1. The molecule has 4 N–H and O–H groups in total. The van der Waals surface area contributed by atoms with Crippen LogP contribution in [0.4, 0.5) is 14.9 Å². The Morgan fingerprint density at radius 1 is 1.39 bits per heavy atom. The van der Waals surface area contributed by atoms with Crippen molar-refractivity contribution in [2.24, 2.45) is 5.73 Å². The normalized spacial score (nSPS) is 11.4. The largest absolute Gasteiger partial charge is 0.465 e. The second kappa shape index (κ2) is 8.99. The van der Waals surface area contributed by atoms with Crippen molar-refractivity contribution in [2.45, 2.75) is 12.5 Å². The highest BCUT2D eigenvalue weighted by Crippen LogP contribution is 2.16. The number of amides is 3. The second-order valence-corrected chi connectivity index (χ2v) is 5.50. The predicted octanol–water partition coefficient (Wildman–Crippen LogP) is 1.34. The third-order valence-corrected chi connectivity index (χ3v) is 3.53. The lowest BCUT2D eigenvalue weighted by molar-refractivity contribution is -0.117. The third kappa shape index (κ3) is 5.78. The van der Waals surface area contributed by atoms with Gasteiger partial charge in [-0.1, -0.05) is 0 Å². The summed E-state index contributed by atoms with van der Waals surface area (Å²) >= 11 is 1.51. The van der Waals surface area contributed by atoms with Crippen LogP contribution in [-0.4, -0.2) is 43.1 Å². The van der Waals surface area contributed by atoms with Gasteiger partial charge in [-0.25, -0.2) is 14.0 Å². The van der Waals surface area contributed by atoms with Crippen LogP contribution < -0.4 is 16.4 Å². The Balaban J connectivity index is 2.89. The topological polar surface area (TPSA) is 111 Å². The van der Waals surface area contributed by atoms with Crippen LogP contribution in [0.25, 0.3) is 0 Å². The zero-order valence-electron chi connectivity index (χ0n) is 12.7. The number of hydrogen-bond acceptors (Lipinski definition) is 5. The van der Waals surface area contributed by atoms with Gasteiger partial charge < -0.3 is 21.1 Å². The molecule has 1 atom stereocenters. The molecule has 0 bridgehead atoms. The van der Waals surface area contributed by atoms with Crippen LogP contribution in [0, 0.1) is 5.82 Å². The molecular weight excluding hydrogens is 325 g/mol. The van der Waals surface area contributed by atoms with E-state index < -0.39 is 29.8 Å². The van der Waals surface area contributed by atoms with Gasteiger partial charge in [0.25, 0.3) is 0 Å². The molecule has 0 spiro atoms. The lowest BCUT2D eigenvalue weighted by Gasteiger charge is -2.17. The fourth-order valence-electron chi connectivity index (χ4n) is 1.78. The van der Waals surface area contributed by atoms with E-state index >= 15 is 0 Å². The zero-order valence-corrected chi connectivity index (χ0v) is 13.5. The van der Waals surface area contributed by atoms with Crippen LogP contribution in [0.2, 0.25) is 0 Å². The predicted molar refractivity (Wildman–Crippen MR) is 85.9 cm³/mol. The van der Waals surface area contributed by atoms with E-state index in [1.807, 2.05) is 6.26 Å². The third-order valence-electron chi connectivity index (χ3n) is 2.88. The minimum absolute atomic E-state index is 0.206. The van der Waals surface area contributed by atoms with Crippen molar-refractivity contribution in [1.29, 1.82) is 0 Å². The molecule has 0 aliphatic heterocycles. The first kappa shape index (κ1) is 18.8. The van der Waals surface area contributed by atoms with Crippen molar-refractivity contribution in [3.05, 3.63) is 29.6 Å². The number of halogens is 1. The SMILES string of the molecule is COC(=O)c1cc(NC(=O)C(CCSC)NC(N)=O)ccc1F. The summed E-state index contributed by atoms with van der Waals surface area (Å²) in [5.74, 6) is -1.49. The van der Waals surface area contributed by atoms with E-state index in [0.717, 1.165) is 19.2 Å². The Hall–Kier alpha value is -2.29. The Morgan fingerprint density at radius 2 is 2.09 bits per heavy atom. The van der Waals surface area contributed by atoms with Crippen molar-refractivity contribution in [3.63, 3.8) is 0 Å². The number of rotatable bonds is 7. The maximum atomic E-state index is 13.6. The summed E-state index contributed by atoms with van der Waals surface area (Å²) in [5, 5.41) is 4.85. The van der Waals surface area contributed by atoms with E-state index in [1.165, 1.54) is 17.8 Å². The van der Waals surface area contributed by atoms with Gasteiger partial charge in [-0.3, -0.25) is 4.79 Å². The molecule has 126 valence electrons. The highest BCUT2D eigenvalue weighted by atomic mass is 32.2. The molecule has 1 aromatic carbocycles. The van der Waals surface area contributed by atoms with Crippen molar-refractivity contribution >= 4 is 35.4 Å². The summed E-state index contributed by atoms with van der Waals surface area (Å²) in [6, 6.07) is 1.86. The highest BCUT2D eigenvalue weighted by molar-refractivity contribution is 7.98. The smallest absolute Gasteiger partial charge is 0.340 e. The number of methoxy groups -OCH3 is 1. The molecule has 0 aromatic heterocycles. The number of urea groups is 1. The van der Waals surface area contributed by atoms with E-state index in [9.17, 15) is 18.8 Å². The van der Waals surface area contributed by atoms with Gasteiger partial charge in [0, 0.05) is 5.69 Å². The minimum atomic E-state index is -0.854. The van der Waals surface area contributed by atoms with Crippen molar-refractivity contribution < 1.29 is 23.5 Å². The summed E-state index contributed by atoms with van der Waals surface area (Å²) in [5.41, 5.74) is 4.96. The van der Waals surface area contributed by atoms with Gasteiger partial charge in [0.1, 0.15) is 11.9 Å². The number of ether oxygens (including phenoxy) is 1. The molecule has 0 aliphatic carbocycles. The first-order chi connectivity index (χ1) is 10.9. The zero-order chi connectivity index (χ0) is 17.4. The molecule has 1 rings (SSSR count). The van der Waals surface area contributed by atoms with Crippen LogP contribution in [0.1, 0.15) is 16.8 Å². The fraction of sp³-hybridized carbons (Fsp3) is 0.357. The van der Waals surface area contributed by atoms with Crippen molar-refractivity contribution in [1.82, 2.24) is 5.32 Å². The number of carbonyl (C=O) groups excluding carboxylic acids is 3. The monoisotopic (exact) mass is 343 g/mol. The molecule has 0 fully saturated rings. The summed E-state index contributed by atoms with van der Waals surface area (Å²) in [7, 11) is 1.13. The van der Waals surface area contributed by atoms with Crippen LogP contribution in [-0.2, 0) is 9.53 Å². The summed E-state index contributed by atoms with van der Waals surface area (Å²) in [6.45, 7) is 0. The minimum Gasteiger partial charge on any atom is -0.465 e. The van der Waals surface area contributed by atoms with Crippen LogP contribution in [0.15, 0.2) is 18.2 Å². The van der Waals surface area contributed by atoms with Crippen LogP contribution >= 0.6 is 11.8 Å². The van der Waals surface area contributed by atoms with Gasteiger partial charge >= 0.3 is 12.0 Å². The van der Waals surface area contributed by atoms with Gasteiger partial charge in [0.2, 0.25) is 5.91 Å². The molecule has 0 aliphatic rings. The van der Waals surface area contributed by atoms with Gasteiger partial charge in [0.05, 0.1) is 12.7 Å². The number of nitrogens with one attached hydrogen (secondary N) is 2. The van der Waals surface area contributed by atoms with Crippen molar-refractivity contribution in [2.75, 3.05) is 24.4 Å².